The first-order valence-corrected chi connectivity index (χ1v) is 9.98. The van der Waals surface area contributed by atoms with Gasteiger partial charge < -0.3 is 19.1 Å². The average molecular weight is 387 g/mol. The zero-order valence-corrected chi connectivity index (χ0v) is 16.7. The molecule has 6 nitrogen and oxygen atoms in total. The van der Waals surface area contributed by atoms with Crippen LogP contribution in [0.4, 0.5) is 0 Å². The summed E-state index contributed by atoms with van der Waals surface area (Å²) in [6, 6.07) is 5.64. The molecule has 0 N–H and O–H groups in total. The fraction of sp³-hybridized carbons (Fsp3) is 0.545. The lowest BCUT2D eigenvalue weighted by molar-refractivity contribution is -0.151. The smallest absolute Gasteiger partial charge is 0.331 e. The molecule has 152 valence electrons. The second-order valence-electron chi connectivity index (χ2n) is 7.39. The summed E-state index contributed by atoms with van der Waals surface area (Å²) in [5, 5.41) is 0. The molecule has 1 heterocycles. The molecule has 1 saturated heterocycles. The van der Waals surface area contributed by atoms with Crippen LogP contribution in [0.2, 0.25) is 0 Å². The molecule has 2 atom stereocenters. The quantitative estimate of drug-likeness (QED) is 0.553. The van der Waals surface area contributed by atoms with Crippen LogP contribution in [0.5, 0.6) is 11.5 Å². The van der Waals surface area contributed by atoms with Crippen molar-refractivity contribution in [2.75, 3.05) is 27.4 Å². The Bertz CT molecular complexity index is 728. The van der Waals surface area contributed by atoms with Crippen LogP contribution in [0.1, 0.15) is 44.1 Å². The van der Waals surface area contributed by atoms with Gasteiger partial charge in [0.1, 0.15) is 11.5 Å². The zero-order chi connectivity index (χ0) is 19.9. The van der Waals surface area contributed by atoms with E-state index in [1.807, 2.05) is 4.90 Å². The van der Waals surface area contributed by atoms with Crippen molar-refractivity contribution < 1.29 is 23.8 Å². The molecule has 28 heavy (non-hydrogen) atoms. The predicted molar refractivity (Wildman–Crippen MR) is 106 cm³/mol. The van der Waals surface area contributed by atoms with Crippen LogP contribution in [0, 0.1) is 5.92 Å². The topological polar surface area (TPSA) is 65.1 Å². The lowest BCUT2D eigenvalue weighted by Crippen LogP contribution is -2.50. The van der Waals surface area contributed by atoms with Crippen LogP contribution in [0.15, 0.2) is 24.3 Å². The molecule has 2 fully saturated rings. The van der Waals surface area contributed by atoms with E-state index < -0.39 is 5.97 Å². The maximum absolute atomic E-state index is 12.6. The molecule has 6 heteroatoms. The van der Waals surface area contributed by atoms with Crippen molar-refractivity contribution in [1.82, 2.24) is 4.90 Å². The molecule has 0 bridgehead atoms. The summed E-state index contributed by atoms with van der Waals surface area (Å²) in [6.07, 6.45) is 9.87. The highest BCUT2D eigenvalue weighted by Gasteiger charge is 2.35. The van der Waals surface area contributed by atoms with E-state index >= 15 is 0 Å². The van der Waals surface area contributed by atoms with E-state index in [0.29, 0.717) is 29.0 Å². The number of esters is 1. The van der Waals surface area contributed by atoms with Gasteiger partial charge in [-0.1, -0.05) is 12.8 Å². The number of rotatable bonds is 6. The average Bonchev–Trinajstić information content (AvgIpc) is 2.75. The minimum Gasteiger partial charge on any atom is -0.497 e. The highest BCUT2D eigenvalue weighted by atomic mass is 16.5. The van der Waals surface area contributed by atoms with Gasteiger partial charge in [0.2, 0.25) is 0 Å². The number of amides is 1. The molecule has 1 aliphatic heterocycles. The molecule has 1 aliphatic carbocycles. The van der Waals surface area contributed by atoms with Crippen molar-refractivity contribution in [1.29, 1.82) is 0 Å². The Balaban J connectivity index is 1.55. The van der Waals surface area contributed by atoms with Crippen molar-refractivity contribution in [2.45, 2.75) is 44.6 Å². The molecule has 1 amide bonds. The van der Waals surface area contributed by atoms with Crippen molar-refractivity contribution >= 4 is 18.0 Å². The zero-order valence-electron chi connectivity index (χ0n) is 16.7. The maximum atomic E-state index is 12.6. The summed E-state index contributed by atoms with van der Waals surface area (Å²) in [7, 11) is 3.14. The van der Waals surface area contributed by atoms with Crippen LogP contribution in [-0.2, 0) is 14.3 Å². The number of hydrogen-bond acceptors (Lipinski definition) is 5. The molecule has 3 rings (SSSR count). The van der Waals surface area contributed by atoms with Crippen LogP contribution in [0.25, 0.3) is 6.08 Å². The van der Waals surface area contributed by atoms with Crippen LogP contribution < -0.4 is 9.47 Å². The molecular weight excluding hydrogens is 358 g/mol. The maximum Gasteiger partial charge on any atom is 0.331 e. The number of fused-ring (bicyclic) bond motifs is 1. The Morgan fingerprint density at radius 2 is 1.89 bits per heavy atom. The third-order valence-corrected chi connectivity index (χ3v) is 5.74. The largest absolute Gasteiger partial charge is 0.497 e. The van der Waals surface area contributed by atoms with Crippen LogP contribution >= 0.6 is 0 Å². The third-order valence-electron chi connectivity index (χ3n) is 5.74. The standard InChI is InChI=1S/C22H29NO5/c1-26-18-10-11-20(27-2)17(14-18)9-12-22(25)28-15-21(24)23-13-5-7-16-6-3-4-8-19(16)23/h9-12,14,16,19H,3-8,13,15H2,1-2H3/b12-9+/t16-,19-/m1/s1. The van der Waals surface area contributed by atoms with Gasteiger partial charge in [-0.3, -0.25) is 4.79 Å². The summed E-state index contributed by atoms with van der Waals surface area (Å²) in [5.41, 5.74) is 0.700. The van der Waals surface area contributed by atoms with E-state index in [1.165, 1.54) is 31.8 Å². The molecule has 1 aromatic carbocycles. The number of nitrogens with zero attached hydrogens (tertiary/aromatic N) is 1. The number of ether oxygens (including phenoxy) is 3. The number of carbonyl (C=O) groups excluding carboxylic acids is 2. The van der Waals surface area contributed by atoms with Gasteiger partial charge in [0.25, 0.3) is 5.91 Å². The molecule has 0 aromatic heterocycles. The Morgan fingerprint density at radius 3 is 2.68 bits per heavy atom. The van der Waals surface area contributed by atoms with Crippen molar-refractivity contribution in [3.8, 4) is 11.5 Å². The number of hydrogen-bond donors (Lipinski definition) is 0. The number of benzene rings is 1. The van der Waals surface area contributed by atoms with Gasteiger partial charge in [0.15, 0.2) is 6.61 Å². The number of methoxy groups -OCH3 is 2. The summed E-state index contributed by atoms with van der Waals surface area (Å²) < 4.78 is 15.7. The van der Waals surface area contributed by atoms with Gasteiger partial charge in [-0.2, -0.15) is 0 Å². The fourth-order valence-electron chi connectivity index (χ4n) is 4.33. The van der Waals surface area contributed by atoms with Crippen molar-refractivity contribution in [3.63, 3.8) is 0 Å². The minimum absolute atomic E-state index is 0.0858. The van der Waals surface area contributed by atoms with Crippen molar-refractivity contribution in [2.24, 2.45) is 5.92 Å². The fourth-order valence-corrected chi connectivity index (χ4v) is 4.33. The van der Waals surface area contributed by atoms with E-state index in [9.17, 15) is 9.59 Å². The highest BCUT2D eigenvalue weighted by molar-refractivity contribution is 5.89. The molecule has 1 aromatic rings. The van der Waals surface area contributed by atoms with E-state index in [4.69, 9.17) is 14.2 Å². The van der Waals surface area contributed by atoms with E-state index in [2.05, 4.69) is 0 Å². The normalized spacial score (nSPS) is 21.9. The Morgan fingerprint density at radius 1 is 1.11 bits per heavy atom. The first kappa shape index (κ1) is 20.2. The number of carbonyl (C=O) groups is 2. The monoisotopic (exact) mass is 387 g/mol. The van der Waals surface area contributed by atoms with E-state index in [1.54, 1.807) is 38.5 Å². The Hall–Kier alpha value is -2.50. The third kappa shape index (κ3) is 4.86. The second kappa shape index (κ2) is 9.62. The van der Waals surface area contributed by atoms with Crippen molar-refractivity contribution in [3.05, 3.63) is 29.8 Å². The van der Waals surface area contributed by atoms with Gasteiger partial charge in [0.05, 0.1) is 14.2 Å². The minimum atomic E-state index is -0.546. The summed E-state index contributed by atoms with van der Waals surface area (Å²) in [6.45, 7) is 0.566. The number of piperidine rings is 1. The molecular formula is C22H29NO5. The first-order valence-electron chi connectivity index (χ1n) is 9.98. The van der Waals surface area contributed by atoms with Gasteiger partial charge in [-0.15, -0.1) is 0 Å². The molecule has 1 saturated carbocycles. The lowest BCUT2D eigenvalue weighted by Gasteiger charge is -2.44. The van der Waals surface area contributed by atoms with E-state index in [-0.39, 0.29) is 12.5 Å². The molecule has 2 aliphatic rings. The van der Waals surface area contributed by atoms with Gasteiger partial charge >= 0.3 is 5.97 Å². The summed E-state index contributed by atoms with van der Waals surface area (Å²) in [5.74, 6) is 1.27. The summed E-state index contributed by atoms with van der Waals surface area (Å²) in [4.78, 5) is 26.6. The lowest BCUT2D eigenvalue weighted by atomic mass is 9.78. The molecule has 0 radical (unpaired) electrons. The van der Waals surface area contributed by atoms with Gasteiger partial charge in [-0.25, -0.2) is 4.79 Å². The SMILES string of the molecule is COc1ccc(OC)c(/C=C/C(=O)OCC(=O)N2CCC[C@H]3CCCC[C@H]32)c1. The molecule has 0 unspecified atom stereocenters. The predicted octanol–water partition coefficient (Wildman–Crippen LogP) is 3.44. The van der Waals surface area contributed by atoms with Crippen LogP contribution in [-0.4, -0.2) is 50.2 Å². The van der Waals surface area contributed by atoms with Gasteiger partial charge in [0, 0.05) is 24.2 Å². The van der Waals surface area contributed by atoms with Crippen LogP contribution in [0.3, 0.4) is 0 Å². The molecule has 0 spiro atoms. The number of likely N-dealkylation sites (tertiary alicyclic amines) is 1. The summed E-state index contributed by atoms with van der Waals surface area (Å²) >= 11 is 0. The Kier molecular flexibility index (Phi) is 6.95. The Labute approximate surface area is 166 Å². The second-order valence-corrected chi connectivity index (χ2v) is 7.39. The van der Waals surface area contributed by atoms with Gasteiger partial charge in [-0.05, 0) is 55.9 Å². The highest BCUT2D eigenvalue weighted by Crippen LogP contribution is 2.35. The first-order chi connectivity index (χ1) is 13.6. The van der Waals surface area contributed by atoms with E-state index in [0.717, 1.165) is 19.4 Å².